The van der Waals surface area contributed by atoms with Crippen LogP contribution < -0.4 is 5.32 Å². The topological polar surface area (TPSA) is 96.7 Å². The first kappa shape index (κ1) is 13.5. The highest BCUT2D eigenvalue weighted by Crippen LogP contribution is 2.38. The van der Waals surface area contributed by atoms with Gasteiger partial charge in [0.05, 0.1) is 6.54 Å². The Hall–Kier alpha value is -2.18. The molecule has 1 fully saturated rings. The van der Waals surface area contributed by atoms with Crippen LogP contribution in [0.3, 0.4) is 0 Å². The molecular formula is C15H19N5O2. The molecule has 0 spiro atoms. The van der Waals surface area contributed by atoms with E-state index in [2.05, 4.69) is 32.6 Å². The van der Waals surface area contributed by atoms with Crippen LogP contribution in [-0.4, -0.2) is 26.2 Å². The Balaban J connectivity index is 1.42. The highest BCUT2D eigenvalue weighted by atomic mass is 16.5. The second-order valence-corrected chi connectivity index (χ2v) is 6.38. The first-order valence-corrected chi connectivity index (χ1v) is 7.87. The lowest BCUT2D eigenvalue weighted by atomic mass is 9.88. The van der Waals surface area contributed by atoms with Crippen molar-refractivity contribution in [3.63, 3.8) is 0 Å². The van der Waals surface area contributed by atoms with Gasteiger partial charge in [0, 0.05) is 17.2 Å². The Morgan fingerprint density at radius 2 is 2.27 bits per heavy atom. The Morgan fingerprint density at radius 3 is 3.09 bits per heavy atom. The summed E-state index contributed by atoms with van der Waals surface area (Å²) in [6, 6.07) is 0. The van der Waals surface area contributed by atoms with Crippen molar-refractivity contribution >= 4 is 5.91 Å². The zero-order valence-corrected chi connectivity index (χ0v) is 12.6. The number of carbonyl (C=O) groups excluding carboxylic acids is 1. The van der Waals surface area contributed by atoms with Crippen LogP contribution in [0.4, 0.5) is 0 Å². The smallest absolute Gasteiger partial charge is 0.272 e. The molecule has 1 atom stereocenters. The predicted molar refractivity (Wildman–Crippen MR) is 77.2 cm³/mol. The number of nitrogens with zero attached hydrogens (tertiary/aromatic N) is 3. The van der Waals surface area contributed by atoms with Crippen molar-refractivity contribution in [3.8, 4) is 0 Å². The van der Waals surface area contributed by atoms with Crippen LogP contribution in [0, 0.1) is 5.92 Å². The number of H-pyrrole nitrogens is 1. The van der Waals surface area contributed by atoms with E-state index in [0.717, 1.165) is 49.2 Å². The molecule has 4 rings (SSSR count). The van der Waals surface area contributed by atoms with Crippen LogP contribution >= 0.6 is 0 Å². The molecule has 0 radical (unpaired) electrons. The van der Waals surface area contributed by atoms with E-state index >= 15 is 0 Å². The summed E-state index contributed by atoms with van der Waals surface area (Å²) in [4.78, 5) is 16.6. The maximum absolute atomic E-state index is 12.3. The monoisotopic (exact) mass is 301 g/mol. The maximum Gasteiger partial charge on any atom is 0.272 e. The average Bonchev–Trinajstić information content (AvgIpc) is 3.11. The van der Waals surface area contributed by atoms with Crippen LogP contribution in [0.25, 0.3) is 0 Å². The predicted octanol–water partition coefficient (Wildman–Crippen LogP) is 1.72. The number of rotatable bonds is 4. The number of nitrogens with one attached hydrogen (secondary N) is 2. The van der Waals surface area contributed by atoms with E-state index in [4.69, 9.17) is 4.52 Å². The summed E-state index contributed by atoms with van der Waals surface area (Å²) in [5.74, 6) is 2.07. The lowest BCUT2D eigenvalue weighted by molar-refractivity contribution is 0.0940. The molecule has 2 heterocycles. The molecule has 2 aliphatic rings. The summed E-state index contributed by atoms with van der Waals surface area (Å²) in [6.45, 7) is 2.45. The molecule has 0 bridgehead atoms. The minimum absolute atomic E-state index is 0.183. The number of aromatic nitrogens is 4. The zero-order valence-electron chi connectivity index (χ0n) is 12.6. The Labute approximate surface area is 127 Å². The lowest BCUT2D eigenvalue weighted by Crippen LogP contribution is -2.25. The van der Waals surface area contributed by atoms with Crippen LogP contribution in [0.5, 0.6) is 0 Å². The average molecular weight is 301 g/mol. The fraction of sp³-hybridized carbons (Fsp3) is 0.600. The van der Waals surface area contributed by atoms with Gasteiger partial charge in [0.15, 0.2) is 11.5 Å². The van der Waals surface area contributed by atoms with Crippen molar-refractivity contribution in [1.82, 2.24) is 25.7 Å². The number of carbonyl (C=O) groups is 1. The van der Waals surface area contributed by atoms with Crippen molar-refractivity contribution in [1.29, 1.82) is 0 Å². The van der Waals surface area contributed by atoms with E-state index in [1.165, 1.54) is 0 Å². The van der Waals surface area contributed by atoms with Gasteiger partial charge in [-0.3, -0.25) is 9.89 Å². The highest BCUT2D eigenvalue weighted by Gasteiger charge is 2.29. The number of hydrogen-bond acceptors (Lipinski definition) is 5. The zero-order chi connectivity index (χ0) is 15.1. The molecule has 2 aliphatic carbocycles. The number of fused-ring (bicyclic) bond motifs is 1. The van der Waals surface area contributed by atoms with E-state index in [1.54, 1.807) is 0 Å². The van der Waals surface area contributed by atoms with Gasteiger partial charge in [-0.1, -0.05) is 12.1 Å². The van der Waals surface area contributed by atoms with Crippen molar-refractivity contribution in [2.75, 3.05) is 0 Å². The number of aromatic amines is 1. The second-order valence-electron chi connectivity index (χ2n) is 6.38. The molecule has 0 aromatic carbocycles. The molecule has 22 heavy (non-hydrogen) atoms. The molecule has 1 amide bonds. The normalized spacial score (nSPS) is 20.7. The molecule has 2 aromatic rings. The number of hydrogen-bond donors (Lipinski definition) is 2. The molecule has 2 N–H and O–H groups in total. The van der Waals surface area contributed by atoms with Crippen molar-refractivity contribution < 1.29 is 9.32 Å². The van der Waals surface area contributed by atoms with Crippen LogP contribution in [0.1, 0.15) is 65.6 Å². The summed E-state index contributed by atoms with van der Waals surface area (Å²) >= 11 is 0. The third-order valence-corrected chi connectivity index (χ3v) is 4.43. The van der Waals surface area contributed by atoms with Crippen molar-refractivity contribution in [2.45, 2.75) is 51.5 Å². The number of amides is 1. The SMILES string of the molecule is C[C@H]1CCc2[nH]nc(C(=O)NCc3nc(C4CC4)no3)c2C1. The van der Waals surface area contributed by atoms with E-state index < -0.39 is 0 Å². The summed E-state index contributed by atoms with van der Waals surface area (Å²) in [5.41, 5.74) is 2.65. The summed E-state index contributed by atoms with van der Waals surface area (Å²) in [5, 5.41) is 13.9. The fourth-order valence-corrected chi connectivity index (χ4v) is 2.94. The van der Waals surface area contributed by atoms with Gasteiger partial charge < -0.3 is 9.84 Å². The molecule has 116 valence electrons. The minimum atomic E-state index is -0.183. The first-order valence-electron chi connectivity index (χ1n) is 7.87. The molecule has 0 unspecified atom stereocenters. The third-order valence-electron chi connectivity index (χ3n) is 4.43. The fourth-order valence-electron chi connectivity index (χ4n) is 2.94. The lowest BCUT2D eigenvalue weighted by Gasteiger charge is -2.17. The molecule has 7 nitrogen and oxygen atoms in total. The standard InChI is InChI=1S/C15H19N5O2/c1-8-2-5-11-10(6-8)13(19-18-11)15(21)16-7-12-17-14(20-22-12)9-3-4-9/h8-9H,2-7H2,1H3,(H,16,21)(H,18,19)/t8-/m0/s1. The Kier molecular flexibility index (Phi) is 3.20. The molecule has 2 aromatic heterocycles. The third kappa shape index (κ3) is 2.51. The second kappa shape index (κ2) is 5.23. The first-order chi connectivity index (χ1) is 10.7. The number of aryl methyl sites for hydroxylation is 1. The Morgan fingerprint density at radius 1 is 1.41 bits per heavy atom. The molecule has 0 aliphatic heterocycles. The summed E-state index contributed by atoms with van der Waals surface area (Å²) in [7, 11) is 0. The maximum atomic E-state index is 12.3. The van der Waals surface area contributed by atoms with Gasteiger partial charge in [0.1, 0.15) is 0 Å². The van der Waals surface area contributed by atoms with Gasteiger partial charge in [-0.25, -0.2) is 0 Å². The quantitative estimate of drug-likeness (QED) is 0.896. The molecule has 0 saturated heterocycles. The van der Waals surface area contributed by atoms with Gasteiger partial charge >= 0.3 is 0 Å². The van der Waals surface area contributed by atoms with Gasteiger partial charge in [0.2, 0.25) is 5.89 Å². The van der Waals surface area contributed by atoms with Gasteiger partial charge in [0.25, 0.3) is 5.91 Å². The van der Waals surface area contributed by atoms with E-state index in [9.17, 15) is 4.79 Å². The minimum Gasteiger partial charge on any atom is -0.342 e. The van der Waals surface area contributed by atoms with Crippen LogP contribution in [-0.2, 0) is 19.4 Å². The van der Waals surface area contributed by atoms with Crippen LogP contribution in [0.2, 0.25) is 0 Å². The van der Waals surface area contributed by atoms with Crippen molar-refractivity contribution in [3.05, 3.63) is 28.7 Å². The van der Waals surface area contributed by atoms with Crippen LogP contribution in [0.15, 0.2) is 4.52 Å². The van der Waals surface area contributed by atoms with E-state index in [-0.39, 0.29) is 12.5 Å². The molecule has 7 heteroatoms. The van der Waals surface area contributed by atoms with Gasteiger partial charge in [-0.05, 0) is 38.0 Å². The molecule has 1 saturated carbocycles. The van der Waals surface area contributed by atoms with E-state index in [1.807, 2.05) is 0 Å². The molecular weight excluding hydrogens is 282 g/mol. The summed E-state index contributed by atoms with van der Waals surface area (Å²) in [6.07, 6.45) is 5.26. The van der Waals surface area contributed by atoms with Gasteiger partial charge in [-0.2, -0.15) is 10.1 Å². The summed E-state index contributed by atoms with van der Waals surface area (Å²) < 4.78 is 5.16. The van der Waals surface area contributed by atoms with E-state index in [0.29, 0.717) is 23.4 Å². The largest absolute Gasteiger partial charge is 0.342 e. The van der Waals surface area contributed by atoms with Gasteiger partial charge in [-0.15, -0.1) is 0 Å². The Bertz CT molecular complexity index is 701. The highest BCUT2D eigenvalue weighted by molar-refractivity contribution is 5.93. The van der Waals surface area contributed by atoms with Crippen molar-refractivity contribution in [2.24, 2.45) is 5.92 Å².